The molecule has 5 heteroatoms. The number of nitrogens with two attached hydrogens (primary N) is 1. The van der Waals surface area contributed by atoms with Crippen LogP contribution in [0.2, 0.25) is 0 Å². The minimum absolute atomic E-state index is 0.0432. The average Bonchev–Trinajstić information content (AvgIpc) is 2.38. The van der Waals surface area contributed by atoms with Gasteiger partial charge in [0.05, 0.1) is 12.2 Å². The van der Waals surface area contributed by atoms with Crippen LogP contribution in [0.15, 0.2) is 29.4 Å². The lowest BCUT2D eigenvalue weighted by Crippen LogP contribution is -2.24. The van der Waals surface area contributed by atoms with Gasteiger partial charge in [0.1, 0.15) is 12.4 Å². The van der Waals surface area contributed by atoms with Crippen molar-refractivity contribution in [1.29, 1.82) is 0 Å². The minimum atomic E-state index is -0.831. The van der Waals surface area contributed by atoms with Crippen LogP contribution in [-0.4, -0.2) is 29.3 Å². The van der Waals surface area contributed by atoms with Crippen LogP contribution in [0.1, 0.15) is 31.9 Å². The SMILES string of the molecule is C[C@@H](Cc1ccc(C(C)(C)O)cc1)/C(N)=N/OCCO. The van der Waals surface area contributed by atoms with Gasteiger partial charge in [-0.2, -0.15) is 0 Å². The molecule has 5 nitrogen and oxygen atoms in total. The van der Waals surface area contributed by atoms with Crippen molar-refractivity contribution in [2.45, 2.75) is 32.8 Å². The first-order valence-corrected chi connectivity index (χ1v) is 6.72. The summed E-state index contributed by atoms with van der Waals surface area (Å²) in [4.78, 5) is 4.85. The van der Waals surface area contributed by atoms with Crippen LogP contribution in [0, 0.1) is 5.92 Å². The van der Waals surface area contributed by atoms with Crippen molar-refractivity contribution in [3.05, 3.63) is 35.4 Å². The molecule has 0 heterocycles. The average molecular weight is 280 g/mol. The Labute approximate surface area is 120 Å². The van der Waals surface area contributed by atoms with E-state index >= 15 is 0 Å². The molecule has 4 N–H and O–H groups in total. The summed E-state index contributed by atoms with van der Waals surface area (Å²) in [6.45, 7) is 5.55. The smallest absolute Gasteiger partial charge is 0.142 e. The van der Waals surface area contributed by atoms with E-state index in [0.29, 0.717) is 5.84 Å². The zero-order chi connectivity index (χ0) is 15.2. The fraction of sp³-hybridized carbons (Fsp3) is 0.533. The van der Waals surface area contributed by atoms with E-state index in [0.717, 1.165) is 17.5 Å². The van der Waals surface area contributed by atoms with Crippen molar-refractivity contribution in [3.8, 4) is 0 Å². The lowest BCUT2D eigenvalue weighted by molar-refractivity contribution is 0.0786. The normalized spacial score (nSPS) is 14.2. The van der Waals surface area contributed by atoms with Crippen molar-refractivity contribution < 1.29 is 15.1 Å². The molecule has 20 heavy (non-hydrogen) atoms. The number of aliphatic hydroxyl groups excluding tert-OH is 1. The third-order valence-corrected chi connectivity index (χ3v) is 3.06. The van der Waals surface area contributed by atoms with E-state index in [-0.39, 0.29) is 19.1 Å². The highest BCUT2D eigenvalue weighted by molar-refractivity contribution is 5.82. The zero-order valence-electron chi connectivity index (χ0n) is 12.3. The van der Waals surface area contributed by atoms with E-state index in [1.165, 1.54) is 0 Å². The molecule has 0 saturated heterocycles. The van der Waals surface area contributed by atoms with Gasteiger partial charge in [-0.15, -0.1) is 0 Å². The van der Waals surface area contributed by atoms with Gasteiger partial charge in [-0.3, -0.25) is 0 Å². The molecule has 0 spiro atoms. The summed E-state index contributed by atoms with van der Waals surface area (Å²) in [5, 5.41) is 22.2. The van der Waals surface area contributed by atoms with Crippen LogP contribution in [0.5, 0.6) is 0 Å². The molecule has 0 unspecified atom stereocenters. The Balaban J connectivity index is 2.62. The maximum Gasteiger partial charge on any atom is 0.142 e. The maximum atomic E-state index is 9.89. The van der Waals surface area contributed by atoms with Crippen molar-refractivity contribution in [3.63, 3.8) is 0 Å². The predicted octanol–water partition coefficient (Wildman–Crippen LogP) is 1.37. The highest BCUT2D eigenvalue weighted by atomic mass is 16.6. The molecule has 0 fully saturated rings. The van der Waals surface area contributed by atoms with E-state index in [2.05, 4.69) is 5.16 Å². The molecule has 1 rings (SSSR count). The maximum absolute atomic E-state index is 9.89. The molecule has 0 saturated carbocycles. The Hall–Kier alpha value is -1.59. The fourth-order valence-electron chi connectivity index (χ4n) is 1.76. The number of oxime groups is 1. The highest BCUT2D eigenvalue weighted by Gasteiger charge is 2.16. The summed E-state index contributed by atoms with van der Waals surface area (Å²) in [6, 6.07) is 7.78. The second-order valence-corrected chi connectivity index (χ2v) is 5.43. The summed E-state index contributed by atoms with van der Waals surface area (Å²) in [5.74, 6) is 0.451. The summed E-state index contributed by atoms with van der Waals surface area (Å²) in [5.41, 5.74) is 6.97. The Bertz CT molecular complexity index is 435. The standard InChI is InChI=1S/C15H24N2O3/c1-11(14(16)17-20-9-8-18)10-12-4-6-13(7-5-12)15(2,3)19/h4-7,11,18-19H,8-10H2,1-3H3,(H2,16,17)/t11-/m0/s1. The molecule has 0 aliphatic heterocycles. The molecule has 0 aliphatic carbocycles. The second-order valence-electron chi connectivity index (χ2n) is 5.43. The molecule has 0 amide bonds. The Morgan fingerprint density at radius 2 is 1.95 bits per heavy atom. The molecule has 0 radical (unpaired) electrons. The van der Waals surface area contributed by atoms with E-state index in [1.807, 2.05) is 31.2 Å². The molecule has 112 valence electrons. The molecule has 0 bridgehead atoms. The van der Waals surface area contributed by atoms with Gasteiger partial charge in [-0.25, -0.2) is 0 Å². The third-order valence-electron chi connectivity index (χ3n) is 3.06. The minimum Gasteiger partial charge on any atom is -0.393 e. The molecule has 1 aromatic rings. The van der Waals surface area contributed by atoms with Gasteiger partial charge in [0.25, 0.3) is 0 Å². The van der Waals surface area contributed by atoms with Crippen LogP contribution in [-0.2, 0) is 16.9 Å². The summed E-state index contributed by atoms with van der Waals surface area (Å²) in [6.07, 6.45) is 0.740. The van der Waals surface area contributed by atoms with Gasteiger partial charge in [-0.05, 0) is 31.4 Å². The fourth-order valence-corrected chi connectivity index (χ4v) is 1.76. The first-order chi connectivity index (χ1) is 9.34. The number of hydrogen-bond acceptors (Lipinski definition) is 4. The van der Waals surface area contributed by atoms with Crippen molar-refractivity contribution >= 4 is 5.84 Å². The number of amidine groups is 1. The van der Waals surface area contributed by atoms with Crippen LogP contribution in [0.4, 0.5) is 0 Å². The monoisotopic (exact) mass is 280 g/mol. The van der Waals surface area contributed by atoms with Crippen LogP contribution in [0.3, 0.4) is 0 Å². The van der Waals surface area contributed by atoms with E-state index in [4.69, 9.17) is 15.7 Å². The van der Waals surface area contributed by atoms with Gasteiger partial charge >= 0.3 is 0 Å². The number of aliphatic hydroxyl groups is 2. The number of rotatable bonds is 7. The largest absolute Gasteiger partial charge is 0.393 e. The topological polar surface area (TPSA) is 88.1 Å². The quantitative estimate of drug-likeness (QED) is 0.305. The molecule has 1 aromatic carbocycles. The number of hydrogen-bond donors (Lipinski definition) is 3. The van der Waals surface area contributed by atoms with Gasteiger partial charge in [0.15, 0.2) is 0 Å². The first-order valence-electron chi connectivity index (χ1n) is 6.72. The van der Waals surface area contributed by atoms with Crippen LogP contribution >= 0.6 is 0 Å². The molecule has 0 aromatic heterocycles. The molecular weight excluding hydrogens is 256 g/mol. The molecule has 1 atom stereocenters. The molecule has 0 aliphatic rings. The number of benzene rings is 1. The van der Waals surface area contributed by atoms with Crippen LogP contribution < -0.4 is 5.73 Å². The predicted molar refractivity (Wildman–Crippen MR) is 79.2 cm³/mol. The van der Waals surface area contributed by atoms with Gasteiger partial charge in [0.2, 0.25) is 0 Å². The highest BCUT2D eigenvalue weighted by Crippen LogP contribution is 2.20. The van der Waals surface area contributed by atoms with Crippen LogP contribution in [0.25, 0.3) is 0 Å². The summed E-state index contributed by atoms with van der Waals surface area (Å²) < 4.78 is 0. The van der Waals surface area contributed by atoms with E-state index in [9.17, 15) is 5.11 Å². The number of nitrogens with zero attached hydrogens (tertiary/aromatic N) is 1. The lowest BCUT2D eigenvalue weighted by Gasteiger charge is -2.18. The second kappa shape index (κ2) is 7.26. The van der Waals surface area contributed by atoms with E-state index in [1.54, 1.807) is 13.8 Å². The lowest BCUT2D eigenvalue weighted by atomic mass is 9.94. The van der Waals surface area contributed by atoms with Gasteiger partial charge < -0.3 is 20.8 Å². The van der Waals surface area contributed by atoms with Crippen molar-refractivity contribution in [2.75, 3.05) is 13.2 Å². The zero-order valence-corrected chi connectivity index (χ0v) is 12.3. The van der Waals surface area contributed by atoms with Crippen molar-refractivity contribution in [1.82, 2.24) is 0 Å². The van der Waals surface area contributed by atoms with Gasteiger partial charge in [-0.1, -0.05) is 36.3 Å². The van der Waals surface area contributed by atoms with Gasteiger partial charge in [0, 0.05) is 5.92 Å². The van der Waals surface area contributed by atoms with Crippen molar-refractivity contribution in [2.24, 2.45) is 16.8 Å². The third kappa shape index (κ3) is 5.19. The molecular formula is C15H24N2O3. The van der Waals surface area contributed by atoms with E-state index < -0.39 is 5.60 Å². The Morgan fingerprint density at radius 1 is 1.35 bits per heavy atom. The summed E-state index contributed by atoms with van der Waals surface area (Å²) >= 11 is 0. The Kier molecular flexibility index (Phi) is 5.98. The Morgan fingerprint density at radius 3 is 2.45 bits per heavy atom. The first kappa shape index (κ1) is 16.5. The summed E-state index contributed by atoms with van der Waals surface area (Å²) in [7, 11) is 0.